The number of carbonyl (C=O) groups excluding carboxylic acids is 1. The predicted molar refractivity (Wildman–Crippen MR) is 148 cm³/mol. The third-order valence-corrected chi connectivity index (χ3v) is 8.20. The van der Waals surface area contributed by atoms with E-state index < -0.39 is 0 Å². The van der Waals surface area contributed by atoms with Gasteiger partial charge in [0, 0.05) is 36.4 Å². The van der Waals surface area contributed by atoms with Gasteiger partial charge >= 0.3 is 0 Å². The highest BCUT2D eigenvalue weighted by atomic mass is 32.2. The van der Waals surface area contributed by atoms with Gasteiger partial charge in [-0.25, -0.2) is 4.99 Å². The highest BCUT2D eigenvalue weighted by Crippen LogP contribution is 2.40. The molecule has 182 valence electrons. The largest absolute Gasteiger partial charge is 0.496 e. The van der Waals surface area contributed by atoms with E-state index in [0.717, 1.165) is 66.6 Å². The summed E-state index contributed by atoms with van der Waals surface area (Å²) in [7, 11) is 1.69. The van der Waals surface area contributed by atoms with Gasteiger partial charge in [-0.2, -0.15) is 0 Å². The Kier molecular flexibility index (Phi) is 6.28. The molecule has 0 unspecified atom stereocenters. The number of thioether (sulfide) groups is 1. The Morgan fingerprint density at radius 2 is 1.64 bits per heavy atom. The maximum absolute atomic E-state index is 13.6. The van der Waals surface area contributed by atoms with Gasteiger partial charge in [0.05, 0.1) is 17.7 Å². The monoisotopic (exact) mass is 495 g/mol. The standard InChI is InChI=1S/C30H29N3O2S/c1-35-27-18-26(32-19-22-9-5-6-10-23(22)20-32)16-15-21(27)17-28-29(34)33(25-13-7-8-14-25)30(36-28)31-24-11-3-2-4-12-24/h2-6,9-12,15-18,25H,7-8,13-14,19-20H2,1H3/b28-17+,31-30?. The third-order valence-electron chi connectivity index (χ3n) is 7.22. The average molecular weight is 496 g/mol. The lowest BCUT2D eigenvalue weighted by Crippen LogP contribution is -2.37. The number of benzene rings is 3. The van der Waals surface area contributed by atoms with E-state index in [-0.39, 0.29) is 11.9 Å². The first kappa shape index (κ1) is 22.9. The summed E-state index contributed by atoms with van der Waals surface area (Å²) in [4.78, 5) is 23.4. The minimum Gasteiger partial charge on any atom is -0.496 e. The van der Waals surface area contributed by atoms with Crippen molar-refractivity contribution in [1.29, 1.82) is 0 Å². The molecule has 1 saturated heterocycles. The number of carbonyl (C=O) groups is 1. The van der Waals surface area contributed by atoms with Gasteiger partial charge < -0.3 is 9.64 Å². The molecule has 6 rings (SSSR count). The van der Waals surface area contributed by atoms with Crippen molar-refractivity contribution in [3.05, 3.63) is 94.4 Å². The van der Waals surface area contributed by atoms with Crippen LogP contribution in [0.4, 0.5) is 11.4 Å². The van der Waals surface area contributed by atoms with Gasteiger partial charge in [-0.15, -0.1) is 0 Å². The van der Waals surface area contributed by atoms with Crippen LogP contribution in [0.3, 0.4) is 0 Å². The van der Waals surface area contributed by atoms with Crippen molar-refractivity contribution in [2.24, 2.45) is 4.99 Å². The minimum absolute atomic E-state index is 0.0442. The fourth-order valence-electron chi connectivity index (χ4n) is 5.33. The van der Waals surface area contributed by atoms with E-state index in [1.807, 2.05) is 41.3 Å². The van der Waals surface area contributed by atoms with E-state index >= 15 is 0 Å². The van der Waals surface area contributed by atoms with Gasteiger partial charge in [0.2, 0.25) is 0 Å². The number of amides is 1. The molecule has 6 heteroatoms. The fraction of sp³-hybridized carbons (Fsp3) is 0.267. The zero-order chi connectivity index (χ0) is 24.5. The first-order chi connectivity index (χ1) is 17.7. The van der Waals surface area contributed by atoms with Crippen molar-refractivity contribution >= 4 is 40.3 Å². The summed E-state index contributed by atoms with van der Waals surface area (Å²) >= 11 is 1.47. The number of hydrogen-bond donors (Lipinski definition) is 0. The van der Waals surface area contributed by atoms with Gasteiger partial charge in [0.25, 0.3) is 5.91 Å². The van der Waals surface area contributed by atoms with Crippen LogP contribution in [-0.2, 0) is 17.9 Å². The maximum Gasteiger partial charge on any atom is 0.267 e. The first-order valence-corrected chi connectivity index (χ1v) is 13.4. The second-order valence-corrected chi connectivity index (χ2v) is 10.5. The predicted octanol–water partition coefficient (Wildman–Crippen LogP) is 6.76. The molecule has 5 nitrogen and oxygen atoms in total. The molecule has 2 fully saturated rings. The van der Waals surface area contributed by atoms with Gasteiger partial charge in [0.1, 0.15) is 5.75 Å². The Morgan fingerprint density at radius 1 is 0.944 bits per heavy atom. The number of ether oxygens (including phenoxy) is 1. The number of aliphatic imine (C=N–C) groups is 1. The second-order valence-electron chi connectivity index (χ2n) is 9.51. The van der Waals surface area contributed by atoms with E-state index in [4.69, 9.17) is 9.73 Å². The molecular weight excluding hydrogens is 466 g/mol. The third kappa shape index (κ3) is 4.42. The van der Waals surface area contributed by atoms with E-state index in [2.05, 4.69) is 47.4 Å². The second kappa shape index (κ2) is 9.86. The molecule has 3 aromatic carbocycles. The molecule has 2 heterocycles. The molecular formula is C30H29N3O2S. The van der Waals surface area contributed by atoms with Crippen LogP contribution in [0.25, 0.3) is 6.08 Å². The van der Waals surface area contributed by atoms with Crippen LogP contribution in [0.15, 0.2) is 82.7 Å². The van der Waals surface area contributed by atoms with E-state index in [1.165, 1.54) is 22.9 Å². The molecule has 3 aliphatic rings. The summed E-state index contributed by atoms with van der Waals surface area (Å²) in [5.41, 5.74) is 5.63. The lowest BCUT2D eigenvalue weighted by molar-refractivity contribution is -0.123. The zero-order valence-corrected chi connectivity index (χ0v) is 21.2. The summed E-state index contributed by atoms with van der Waals surface area (Å²) in [6.07, 6.45) is 6.34. The van der Waals surface area contributed by atoms with Gasteiger partial charge in [-0.1, -0.05) is 55.3 Å². The van der Waals surface area contributed by atoms with Crippen molar-refractivity contribution in [3.63, 3.8) is 0 Å². The molecule has 0 aromatic heterocycles. The lowest BCUT2D eigenvalue weighted by Gasteiger charge is -2.22. The van der Waals surface area contributed by atoms with Crippen LogP contribution < -0.4 is 9.64 Å². The molecule has 0 N–H and O–H groups in total. The molecule has 0 radical (unpaired) electrons. The minimum atomic E-state index is 0.0442. The Labute approximate surface area is 216 Å². The number of fused-ring (bicyclic) bond motifs is 1. The van der Waals surface area contributed by atoms with Gasteiger partial charge in [-0.3, -0.25) is 9.69 Å². The van der Waals surface area contributed by atoms with Crippen molar-refractivity contribution in [2.75, 3.05) is 12.0 Å². The molecule has 0 spiro atoms. The van der Waals surface area contributed by atoms with Crippen LogP contribution >= 0.6 is 11.8 Å². The number of nitrogens with zero attached hydrogens (tertiary/aromatic N) is 3. The summed E-state index contributed by atoms with van der Waals surface area (Å²) in [5, 5.41) is 0.773. The highest BCUT2D eigenvalue weighted by Gasteiger charge is 2.39. The van der Waals surface area contributed by atoms with Crippen LogP contribution in [0, 0.1) is 0 Å². The van der Waals surface area contributed by atoms with E-state index in [9.17, 15) is 4.79 Å². The molecule has 3 aromatic rings. The average Bonchev–Trinajstić information content (AvgIpc) is 3.65. The van der Waals surface area contributed by atoms with Crippen LogP contribution in [-0.4, -0.2) is 29.1 Å². The van der Waals surface area contributed by atoms with Crippen molar-refractivity contribution < 1.29 is 9.53 Å². The van der Waals surface area contributed by atoms with Crippen LogP contribution in [0.5, 0.6) is 5.75 Å². The molecule has 0 atom stereocenters. The number of rotatable bonds is 5. The van der Waals surface area contributed by atoms with E-state index in [0.29, 0.717) is 4.91 Å². The van der Waals surface area contributed by atoms with Gasteiger partial charge in [0.15, 0.2) is 5.17 Å². The highest BCUT2D eigenvalue weighted by molar-refractivity contribution is 8.18. The summed E-state index contributed by atoms with van der Waals surface area (Å²) in [5.74, 6) is 0.813. The number of methoxy groups -OCH3 is 1. The Morgan fingerprint density at radius 3 is 2.33 bits per heavy atom. The number of amidine groups is 1. The normalized spacial score (nSPS) is 20.1. The van der Waals surface area contributed by atoms with Crippen LogP contribution in [0.2, 0.25) is 0 Å². The maximum atomic E-state index is 13.6. The molecule has 2 aliphatic heterocycles. The van der Waals surface area contributed by atoms with Crippen molar-refractivity contribution in [1.82, 2.24) is 4.90 Å². The summed E-state index contributed by atoms with van der Waals surface area (Å²) in [6, 6.07) is 24.9. The van der Waals surface area contributed by atoms with E-state index in [1.54, 1.807) is 7.11 Å². The summed E-state index contributed by atoms with van der Waals surface area (Å²) in [6.45, 7) is 1.79. The molecule has 1 saturated carbocycles. The van der Waals surface area contributed by atoms with Gasteiger partial charge in [-0.05, 0) is 66.1 Å². The molecule has 36 heavy (non-hydrogen) atoms. The number of anilines is 1. The topological polar surface area (TPSA) is 45.1 Å². The molecule has 0 bridgehead atoms. The first-order valence-electron chi connectivity index (χ1n) is 12.6. The number of hydrogen-bond acceptors (Lipinski definition) is 5. The lowest BCUT2D eigenvalue weighted by atomic mass is 10.1. The zero-order valence-electron chi connectivity index (χ0n) is 20.4. The fourth-order valence-corrected chi connectivity index (χ4v) is 6.38. The Bertz CT molecular complexity index is 1320. The van der Waals surface area contributed by atoms with Crippen LogP contribution in [0.1, 0.15) is 42.4 Å². The molecule has 1 aliphatic carbocycles. The smallest absolute Gasteiger partial charge is 0.267 e. The van der Waals surface area contributed by atoms with Crippen molar-refractivity contribution in [3.8, 4) is 5.75 Å². The van der Waals surface area contributed by atoms with Crippen molar-refractivity contribution in [2.45, 2.75) is 44.8 Å². The number of para-hydroxylation sites is 1. The quantitative estimate of drug-likeness (QED) is 0.367. The Balaban J connectivity index is 1.30. The summed E-state index contributed by atoms with van der Waals surface area (Å²) < 4.78 is 5.78. The molecule has 1 amide bonds. The SMILES string of the molecule is COc1cc(N2Cc3ccccc3C2)ccc1/C=C1/SC(=Nc2ccccc2)N(C2CCCC2)C1=O. The Hall–Kier alpha value is -3.51.